The van der Waals surface area contributed by atoms with Gasteiger partial charge in [0.15, 0.2) is 0 Å². The Labute approximate surface area is 145 Å². The average Bonchev–Trinajstić information content (AvgIpc) is 2.51. The summed E-state index contributed by atoms with van der Waals surface area (Å²) in [7, 11) is -3.95. The van der Waals surface area contributed by atoms with Gasteiger partial charge in [0.25, 0.3) is 15.7 Å². The van der Waals surface area contributed by atoms with Gasteiger partial charge in [-0.1, -0.05) is 23.7 Å². The summed E-state index contributed by atoms with van der Waals surface area (Å²) in [5.41, 5.74) is 1.26. The van der Waals surface area contributed by atoms with E-state index in [1.54, 1.807) is 39.0 Å². The van der Waals surface area contributed by atoms with Crippen molar-refractivity contribution in [2.45, 2.75) is 25.7 Å². The molecule has 0 N–H and O–H groups in total. The Bertz CT molecular complexity index is 897. The van der Waals surface area contributed by atoms with Gasteiger partial charge < -0.3 is 0 Å². The molecule has 128 valence electrons. The fraction of sp³-hybridized carbons (Fsp3) is 0.250. The molecule has 0 spiro atoms. The van der Waals surface area contributed by atoms with E-state index in [-0.39, 0.29) is 17.1 Å². The Morgan fingerprint density at radius 3 is 2.46 bits per heavy atom. The van der Waals surface area contributed by atoms with Crippen LogP contribution in [-0.4, -0.2) is 19.9 Å². The van der Waals surface area contributed by atoms with E-state index >= 15 is 0 Å². The predicted molar refractivity (Wildman–Crippen MR) is 94.2 cm³/mol. The third-order valence-electron chi connectivity index (χ3n) is 3.76. The van der Waals surface area contributed by atoms with Crippen molar-refractivity contribution in [3.8, 4) is 0 Å². The lowest BCUT2D eigenvalue weighted by Gasteiger charge is -2.25. The number of sulfonamides is 1. The lowest BCUT2D eigenvalue weighted by Crippen LogP contribution is -2.31. The highest BCUT2D eigenvalue weighted by molar-refractivity contribution is 7.92. The molecule has 0 aliphatic rings. The lowest BCUT2D eigenvalue weighted by atomic mass is 10.2. The fourth-order valence-corrected chi connectivity index (χ4v) is 4.13. The van der Waals surface area contributed by atoms with E-state index < -0.39 is 14.9 Å². The number of hydrogen-bond donors (Lipinski definition) is 0. The van der Waals surface area contributed by atoms with Crippen molar-refractivity contribution in [1.82, 2.24) is 0 Å². The van der Waals surface area contributed by atoms with Crippen LogP contribution in [0.2, 0.25) is 5.02 Å². The number of nitro groups is 1. The lowest BCUT2D eigenvalue weighted by molar-refractivity contribution is -0.385. The number of anilines is 1. The summed E-state index contributed by atoms with van der Waals surface area (Å²) in [6, 6.07) is 8.90. The van der Waals surface area contributed by atoms with E-state index in [0.717, 1.165) is 6.07 Å². The van der Waals surface area contributed by atoms with Crippen molar-refractivity contribution >= 4 is 33.0 Å². The number of hydrogen-bond acceptors (Lipinski definition) is 4. The van der Waals surface area contributed by atoms with Gasteiger partial charge in [-0.3, -0.25) is 14.4 Å². The van der Waals surface area contributed by atoms with Crippen LogP contribution < -0.4 is 4.31 Å². The Morgan fingerprint density at radius 2 is 1.88 bits per heavy atom. The molecule has 0 heterocycles. The van der Waals surface area contributed by atoms with Gasteiger partial charge in [0.1, 0.15) is 0 Å². The van der Waals surface area contributed by atoms with Gasteiger partial charge in [0.2, 0.25) is 0 Å². The van der Waals surface area contributed by atoms with Crippen LogP contribution in [0.25, 0.3) is 0 Å². The maximum Gasteiger partial charge on any atom is 0.273 e. The van der Waals surface area contributed by atoms with Crippen molar-refractivity contribution in [2.75, 3.05) is 10.8 Å². The molecule has 0 fully saturated rings. The van der Waals surface area contributed by atoms with Gasteiger partial charge in [-0.25, -0.2) is 8.42 Å². The monoisotopic (exact) mass is 368 g/mol. The topological polar surface area (TPSA) is 80.5 Å². The van der Waals surface area contributed by atoms with Gasteiger partial charge in [-0.2, -0.15) is 0 Å². The first-order valence-corrected chi connectivity index (χ1v) is 9.04. The second kappa shape index (κ2) is 6.78. The summed E-state index contributed by atoms with van der Waals surface area (Å²) in [5.74, 6) is 0. The summed E-state index contributed by atoms with van der Waals surface area (Å²) < 4.78 is 27.1. The number of nitrogens with zero attached hydrogens (tertiary/aromatic N) is 2. The molecular weight excluding hydrogens is 352 g/mol. The summed E-state index contributed by atoms with van der Waals surface area (Å²) >= 11 is 6.09. The summed E-state index contributed by atoms with van der Waals surface area (Å²) in [4.78, 5) is 10.4. The van der Waals surface area contributed by atoms with Crippen molar-refractivity contribution < 1.29 is 13.3 Å². The second-order valence-corrected chi connectivity index (χ2v) is 7.53. The van der Waals surface area contributed by atoms with Crippen molar-refractivity contribution in [3.63, 3.8) is 0 Å². The van der Waals surface area contributed by atoms with E-state index in [9.17, 15) is 18.5 Å². The van der Waals surface area contributed by atoms with Crippen LogP contribution in [0.1, 0.15) is 18.1 Å². The third-order valence-corrected chi connectivity index (χ3v) is 6.05. The van der Waals surface area contributed by atoms with Gasteiger partial charge in [-0.05, 0) is 44.5 Å². The molecule has 0 saturated carbocycles. The van der Waals surface area contributed by atoms with Crippen LogP contribution in [0.15, 0.2) is 41.3 Å². The molecule has 0 aromatic heterocycles. The van der Waals surface area contributed by atoms with Crippen LogP contribution in [0.3, 0.4) is 0 Å². The number of nitro benzene ring substituents is 1. The standard InChI is InChI=1S/C16H17ClN2O4S/c1-4-18(15-7-5-6-14(17)12(15)3)24(22,23)13-9-8-11(2)16(10-13)19(20)21/h5-10H,4H2,1-3H3. The van der Waals surface area contributed by atoms with Crippen molar-refractivity contribution in [2.24, 2.45) is 0 Å². The minimum absolute atomic E-state index is 0.124. The molecule has 24 heavy (non-hydrogen) atoms. The molecule has 0 saturated heterocycles. The first-order chi connectivity index (χ1) is 11.2. The maximum atomic E-state index is 13.0. The summed E-state index contributed by atoms with van der Waals surface area (Å²) in [6.45, 7) is 5.16. The molecular formula is C16H17ClN2O4S. The predicted octanol–water partition coefficient (Wildman–Crippen LogP) is 4.08. The quantitative estimate of drug-likeness (QED) is 0.588. The zero-order valence-corrected chi connectivity index (χ0v) is 15.1. The SMILES string of the molecule is CCN(c1cccc(Cl)c1C)S(=O)(=O)c1ccc(C)c([N+](=O)[O-])c1. The van der Waals surface area contributed by atoms with Gasteiger partial charge >= 0.3 is 0 Å². The van der Waals surface area contributed by atoms with E-state index in [1.807, 2.05) is 0 Å². The molecule has 8 heteroatoms. The molecule has 0 aliphatic heterocycles. The highest BCUT2D eigenvalue weighted by atomic mass is 35.5. The number of aryl methyl sites for hydroxylation is 1. The van der Waals surface area contributed by atoms with Crippen LogP contribution in [-0.2, 0) is 10.0 Å². The Kier molecular flexibility index (Phi) is 5.15. The molecule has 2 aromatic rings. The van der Waals surface area contributed by atoms with Crippen molar-refractivity contribution in [1.29, 1.82) is 0 Å². The minimum atomic E-state index is -3.95. The van der Waals surface area contributed by atoms with Gasteiger partial charge in [-0.15, -0.1) is 0 Å². The summed E-state index contributed by atoms with van der Waals surface area (Å²) in [6.07, 6.45) is 0. The highest BCUT2D eigenvalue weighted by Gasteiger charge is 2.27. The molecule has 6 nitrogen and oxygen atoms in total. The zero-order valence-electron chi connectivity index (χ0n) is 13.5. The number of rotatable bonds is 5. The summed E-state index contributed by atoms with van der Waals surface area (Å²) in [5, 5.41) is 11.5. The molecule has 0 atom stereocenters. The Hall–Kier alpha value is -2.12. The largest absolute Gasteiger partial charge is 0.273 e. The van der Waals surface area contributed by atoms with Crippen LogP contribution in [0.4, 0.5) is 11.4 Å². The maximum absolute atomic E-state index is 13.0. The second-order valence-electron chi connectivity index (χ2n) is 5.26. The van der Waals surface area contributed by atoms with E-state index in [0.29, 0.717) is 21.8 Å². The molecule has 0 bridgehead atoms. The smallest absolute Gasteiger partial charge is 0.266 e. The van der Waals surface area contributed by atoms with Crippen molar-refractivity contribution in [3.05, 3.63) is 62.7 Å². The Balaban J connectivity index is 2.61. The first kappa shape index (κ1) is 18.2. The van der Waals surface area contributed by atoms with E-state index in [2.05, 4.69) is 0 Å². The molecule has 2 rings (SSSR count). The molecule has 0 aliphatic carbocycles. The third kappa shape index (κ3) is 3.22. The average molecular weight is 369 g/mol. The fourth-order valence-electron chi connectivity index (χ4n) is 2.41. The number of halogens is 1. The van der Waals surface area contributed by atoms with Gasteiger partial charge in [0, 0.05) is 23.2 Å². The van der Waals surface area contributed by atoms with Crippen LogP contribution >= 0.6 is 11.6 Å². The molecule has 0 unspecified atom stereocenters. The molecule has 2 aromatic carbocycles. The molecule has 0 radical (unpaired) electrons. The number of benzene rings is 2. The van der Waals surface area contributed by atoms with E-state index in [4.69, 9.17) is 11.6 Å². The van der Waals surface area contributed by atoms with Crippen LogP contribution in [0, 0.1) is 24.0 Å². The molecule has 0 amide bonds. The van der Waals surface area contributed by atoms with Crippen LogP contribution in [0.5, 0.6) is 0 Å². The highest BCUT2D eigenvalue weighted by Crippen LogP contribution is 2.32. The first-order valence-electron chi connectivity index (χ1n) is 7.23. The van der Waals surface area contributed by atoms with Gasteiger partial charge in [0.05, 0.1) is 15.5 Å². The minimum Gasteiger partial charge on any atom is -0.266 e. The Morgan fingerprint density at radius 1 is 1.21 bits per heavy atom. The van der Waals surface area contributed by atoms with E-state index in [1.165, 1.54) is 16.4 Å². The zero-order chi connectivity index (χ0) is 18.1. The normalized spacial score (nSPS) is 11.3.